The van der Waals surface area contributed by atoms with Gasteiger partial charge in [-0.1, -0.05) is 18.5 Å². The maximum Gasteiger partial charge on any atom is 0.387 e. The molecular weight excluding hydrogens is 300 g/mol. The van der Waals surface area contributed by atoms with Gasteiger partial charge in [-0.15, -0.1) is 0 Å². The van der Waals surface area contributed by atoms with E-state index in [0.29, 0.717) is 11.6 Å². The minimum Gasteiger partial charge on any atom is -0.435 e. The first kappa shape index (κ1) is 15.6. The molecule has 1 heterocycles. The lowest BCUT2D eigenvalue weighted by atomic mass is 10.2. The number of anilines is 1. The molecule has 0 bridgehead atoms. The molecule has 0 fully saturated rings. The van der Waals surface area contributed by atoms with Crippen molar-refractivity contribution in [1.29, 1.82) is 0 Å². The molecule has 1 N–H and O–H groups in total. The fraction of sp³-hybridized carbons (Fsp3) is 0.357. The molecule has 4 nitrogen and oxygen atoms in total. The third-order valence-electron chi connectivity index (χ3n) is 3.04. The number of aryl methyl sites for hydroxylation is 2. The van der Waals surface area contributed by atoms with Crippen molar-refractivity contribution in [3.63, 3.8) is 0 Å². The zero-order chi connectivity index (χ0) is 15.4. The maximum atomic E-state index is 12.1. The summed E-state index contributed by atoms with van der Waals surface area (Å²) in [5, 5.41) is 8.16. The van der Waals surface area contributed by atoms with Crippen LogP contribution in [0.5, 0.6) is 5.75 Å². The molecule has 1 aromatic carbocycles. The van der Waals surface area contributed by atoms with Gasteiger partial charge in [-0.25, -0.2) is 0 Å². The number of hydrogen-bond acceptors (Lipinski definition) is 3. The average Bonchev–Trinajstić information content (AvgIpc) is 2.72. The van der Waals surface area contributed by atoms with Gasteiger partial charge in [0.05, 0.1) is 23.0 Å². The van der Waals surface area contributed by atoms with Gasteiger partial charge in [0.1, 0.15) is 5.75 Å². The van der Waals surface area contributed by atoms with Crippen LogP contribution in [0.2, 0.25) is 5.02 Å². The van der Waals surface area contributed by atoms with Crippen LogP contribution < -0.4 is 10.1 Å². The zero-order valence-electron chi connectivity index (χ0n) is 11.7. The van der Waals surface area contributed by atoms with Gasteiger partial charge in [-0.05, 0) is 30.7 Å². The molecule has 0 saturated heterocycles. The Bertz CT molecular complexity index is 599. The summed E-state index contributed by atoms with van der Waals surface area (Å²) in [5.41, 5.74) is 2.52. The summed E-state index contributed by atoms with van der Waals surface area (Å²) < 4.78 is 30.1. The molecule has 7 heteroatoms. The van der Waals surface area contributed by atoms with Crippen molar-refractivity contribution in [3.8, 4) is 5.75 Å². The van der Waals surface area contributed by atoms with E-state index in [1.54, 1.807) is 16.8 Å². The fourth-order valence-electron chi connectivity index (χ4n) is 1.95. The van der Waals surface area contributed by atoms with Crippen LogP contribution in [-0.4, -0.2) is 16.4 Å². The Kier molecular flexibility index (Phi) is 5.01. The topological polar surface area (TPSA) is 39.1 Å². The first-order valence-corrected chi connectivity index (χ1v) is 6.88. The molecule has 0 atom stereocenters. The molecule has 1 aromatic heterocycles. The molecular formula is C14H16ClF2N3O. The SMILES string of the molecule is CCc1nn(C)c(CNc2ccc(OC(F)F)cc2)c1Cl. The number of benzene rings is 1. The largest absolute Gasteiger partial charge is 0.435 e. The Morgan fingerprint density at radius 2 is 2.00 bits per heavy atom. The standard InChI is InChI=1S/C14H16ClF2N3O/c1-3-11-13(15)12(20(2)19-11)8-18-9-4-6-10(7-5-9)21-14(16)17/h4-7,14,18H,3,8H2,1-2H3. The van der Waals surface area contributed by atoms with Crippen LogP contribution in [0.15, 0.2) is 24.3 Å². The van der Waals surface area contributed by atoms with Crippen LogP contribution in [0.3, 0.4) is 0 Å². The molecule has 0 aliphatic rings. The molecule has 0 radical (unpaired) electrons. The molecule has 0 aliphatic heterocycles. The molecule has 0 unspecified atom stereocenters. The van der Waals surface area contributed by atoms with Crippen LogP contribution in [0.1, 0.15) is 18.3 Å². The summed E-state index contributed by atoms with van der Waals surface area (Å²) >= 11 is 6.25. The first-order valence-electron chi connectivity index (χ1n) is 6.50. The van der Waals surface area contributed by atoms with Gasteiger partial charge in [0, 0.05) is 12.7 Å². The third-order valence-corrected chi connectivity index (χ3v) is 3.48. The quantitative estimate of drug-likeness (QED) is 0.880. The van der Waals surface area contributed by atoms with Gasteiger partial charge in [-0.3, -0.25) is 4.68 Å². The number of nitrogens with zero attached hydrogens (tertiary/aromatic N) is 2. The number of aromatic nitrogens is 2. The van der Waals surface area contributed by atoms with Gasteiger partial charge in [0.25, 0.3) is 0 Å². The number of rotatable bonds is 6. The Balaban J connectivity index is 2.01. The predicted octanol–water partition coefficient (Wildman–Crippen LogP) is 3.85. The number of alkyl halides is 2. The molecule has 0 saturated carbocycles. The van der Waals surface area contributed by atoms with Crippen molar-refractivity contribution in [2.45, 2.75) is 26.5 Å². The first-order chi connectivity index (χ1) is 10.0. The van der Waals surface area contributed by atoms with Crippen LogP contribution in [-0.2, 0) is 20.0 Å². The lowest BCUT2D eigenvalue weighted by Gasteiger charge is -2.09. The highest BCUT2D eigenvalue weighted by molar-refractivity contribution is 6.31. The van der Waals surface area contributed by atoms with Crippen molar-refractivity contribution in [2.75, 3.05) is 5.32 Å². The molecule has 0 spiro atoms. The van der Waals surface area contributed by atoms with Crippen molar-refractivity contribution in [3.05, 3.63) is 40.7 Å². The maximum absolute atomic E-state index is 12.1. The smallest absolute Gasteiger partial charge is 0.387 e. The van der Waals surface area contributed by atoms with E-state index in [1.165, 1.54) is 12.1 Å². The number of hydrogen-bond donors (Lipinski definition) is 1. The van der Waals surface area contributed by atoms with E-state index in [9.17, 15) is 8.78 Å². The second-order valence-electron chi connectivity index (χ2n) is 4.44. The van der Waals surface area contributed by atoms with Crippen LogP contribution in [0.4, 0.5) is 14.5 Å². The highest BCUT2D eigenvalue weighted by Crippen LogP contribution is 2.23. The number of halogens is 3. The third kappa shape index (κ3) is 3.85. The minimum atomic E-state index is -2.82. The van der Waals surface area contributed by atoms with E-state index in [4.69, 9.17) is 11.6 Å². The molecule has 0 amide bonds. The van der Waals surface area contributed by atoms with E-state index in [-0.39, 0.29) is 5.75 Å². The Labute approximate surface area is 126 Å². The van der Waals surface area contributed by atoms with Gasteiger partial charge < -0.3 is 10.1 Å². The second kappa shape index (κ2) is 6.76. The van der Waals surface area contributed by atoms with E-state index < -0.39 is 6.61 Å². The van der Waals surface area contributed by atoms with E-state index in [1.807, 2.05) is 14.0 Å². The van der Waals surface area contributed by atoms with Gasteiger partial charge in [0.15, 0.2) is 0 Å². The predicted molar refractivity (Wildman–Crippen MR) is 78.0 cm³/mol. The van der Waals surface area contributed by atoms with Gasteiger partial charge in [-0.2, -0.15) is 13.9 Å². The number of nitrogens with one attached hydrogen (secondary N) is 1. The minimum absolute atomic E-state index is 0.127. The highest BCUT2D eigenvalue weighted by Gasteiger charge is 2.12. The van der Waals surface area contributed by atoms with Crippen molar-refractivity contribution >= 4 is 17.3 Å². The fourth-order valence-corrected chi connectivity index (χ4v) is 2.31. The number of ether oxygens (including phenoxy) is 1. The highest BCUT2D eigenvalue weighted by atomic mass is 35.5. The summed E-state index contributed by atoms with van der Waals surface area (Å²) in [7, 11) is 1.83. The summed E-state index contributed by atoms with van der Waals surface area (Å²) in [6.07, 6.45) is 0.770. The Morgan fingerprint density at radius 1 is 1.33 bits per heavy atom. The molecule has 2 aromatic rings. The van der Waals surface area contributed by atoms with E-state index in [2.05, 4.69) is 15.2 Å². The zero-order valence-corrected chi connectivity index (χ0v) is 12.5. The van der Waals surface area contributed by atoms with Crippen LogP contribution >= 0.6 is 11.6 Å². The lowest BCUT2D eigenvalue weighted by molar-refractivity contribution is -0.0498. The van der Waals surface area contributed by atoms with Crippen molar-refractivity contribution in [2.24, 2.45) is 7.05 Å². The summed E-state index contributed by atoms with van der Waals surface area (Å²) in [6, 6.07) is 6.30. The Hall–Kier alpha value is -1.82. The molecule has 21 heavy (non-hydrogen) atoms. The van der Waals surface area contributed by atoms with E-state index >= 15 is 0 Å². The lowest BCUT2D eigenvalue weighted by Crippen LogP contribution is -2.06. The van der Waals surface area contributed by atoms with Crippen molar-refractivity contribution < 1.29 is 13.5 Å². The second-order valence-corrected chi connectivity index (χ2v) is 4.82. The van der Waals surface area contributed by atoms with Gasteiger partial charge >= 0.3 is 6.61 Å². The average molecular weight is 316 g/mol. The molecule has 0 aliphatic carbocycles. The molecule has 2 rings (SSSR count). The summed E-state index contributed by atoms with van der Waals surface area (Å²) in [5.74, 6) is 0.127. The normalized spacial score (nSPS) is 11.0. The molecule has 114 valence electrons. The van der Waals surface area contributed by atoms with Crippen LogP contribution in [0.25, 0.3) is 0 Å². The van der Waals surface area contributed by atoms with Crippen molar-refractivity contribution in [1.82, 2.24) is 9.78 Å². The Morgan fingerprint density at radius 3 is 2.52 bits per heavy atom. The van der Waals surface area contributed by atoms with Crippen LogP contribution in [0, 0.1) is 0 Å². The summed E-state index contributed by atoms with van der Waals surface area (Å²) in [4.78, 5) is 0. The summed E-state index contributed by atoms with van der Waals surface area (Å²) in [6.45, 7) is -0.325. The monoisotopic (exact) mass is 315 g/mol. The van der Waals surface area contributed by atoms with E-state index in [0.717, 1.165) is 23.5 Å². The van der Waals surface area contributed by atoms with Gasteiger partial charge in [0.2, 0.25) is 0 Å².